The average molecular weight is 396 g/mol. The Kier molecular flexibility index (Phi) is 4.53. The van der Waals surface area contributed by atoms with Gasteiger partial charge in [-0.25, -0.2) is 9.69 Å². The van der Waals surface area contributed by atoms with Crippen molar-refractivity contribution in [3.8, 4) is 17.4 Å². The van der Waals surface area contributed by atoms with E-state index in [1.807, 2.05) is 0 Å². The fourth-order valence-corrected chi connectivity index (χ4v) is 2.52. The number of anilines is 2. The van der Waals surface area contributed by atoms with Gasteiger partial charge in [0.15, 0.2) is 5.82 Å². The van der Waals surface area contributed by atoms with Gasteiger partial charge in [0, 0.05) is 12.1 Å². The third kappa shape index (κ3) is 3.92. The van der Waals surface area contributed by atoms with Crippen molar-refractivity contribution in [1.29, 1.82) is 0 Å². The van der Waals surface area contributed by atoms with Crippen LogP contribution in [-0.2, 0) is 4.79 Å². The van der Waals surface area contributed by atoms with Crippen LogP contribution in [-0.4, -0.2) is 28.8 Å². The number of ether oxygens (including phenoxy) is 2. The summed E-state index contributed by atoms with van der Waals surface area (Å²) < 4.78 is 46.1. The molecule has 8 nitrogen and oxygen atoms in total. The highest BCUT2D eigenvalue weighted by atomic mass is 19.4. The highest BCUT2D eigenvalue weighted by Gasteiger charge is 2.45. The smallest absolute Gasteiger partial charge is 0.439 e. The van der Waals surface area contributed by atoms with Crippen LogP contribution in [0.2, 0.25) is 0 Å². The molecule has 11 heteroatoms. The quantitative estimate of drug-likeness (QED) is 0.769. The van der Waals surface area contributed by atoms with Crippen molar-refractivity contribution in [2.75, 3.05) is 10.6 Å². The van der Waals surface area contributed by atoms with Gasteiger partial charge in [-0.2, -0.15) is 4.98 Å². The number of hydrogen-bond donors (Lipinski definition) is 2. The van der Waals surface area contributed by atoms with Crippen LogP contribution in [0.4, 0.5) is 29.5 Å². The minimum absolute atomic E-state index is 0.0255. The molecule has 1 saturated heterocycles. The molecule has 3 rings (SSSR count). The molecule has 2 heterocycles. The summed E-state index contributed by atoms with van der Waals surface area (Å²) in [5.74, 6) is -1.15. The fourth-order valence-electron chi connectivity index (χ4n) is 2.52. The third-order valence-corrected chi connectivity index (χ3v) is 3.74. The number of benzene rings is 1. The van der Waals surface area contributed by atoms with Crippen LogP contribution in [0.5, 0.6) is 17.4 Å². The van der Waals surface area contributed by atoms with Crippen molar-refractivity contribution in [2.24, 2.45) is 0 Å². The maximum atomic E-state index is 12.3. The van der Waals surface area contributed by atoms with Crippen molar-refractivity contribution < 1.29 is 32.2 Å². The van der Waals surface area contributed by atoms with E-state index in [0.717, 1.165) is 17.0 Å². The maximum absolute atomic E-state index is 12.3. The Labute approximate surface area is 157 Å². The summed E-state index contributed by atoms with van der Waals surface area (Å²) in [6.45, 7) is 3.09. The number of imide groups is 1. The minimum Gasteiger partial charge on any atom is -0.439 e. The van der Waals surface area contributed by atoms with Gasteiger partial charge in [0.1, 0.15) is 17.0 Å². The molecule has 28 heavy (non-hydrogen) atoms. The summed E-state index contributed by atoms with van der Waals surface area (Å²) in [5, 5.41) is 2.52. The van der Waals surface area contributed by atoms with Crippen LogP contribution >= 0.6 is 0 Å². The van der Waals surface area contributed by atoms with Crippen LogP contribution in [0, 0.1) is 0 Å². The number of alkyl halides is 3. The summed E-state index contributed by atoms with van der Waals surface area (Å²) in [7, 11) is 0. The van der Waals surface area contributed by atoms with Gasteiger partial charge in [-0.05, 0) is 32.0 Å². The molecule has 1 aliphatic heterocycles. The number of nitrogens with two attached hydrogens (primary N) is 1. The summed E-state index contributed by atoms with van der Waals surface area (Å²) in [4.78, 5) is 29.2. The third-order valence-electron chi connectivity index (χ3n) is 3.74. The zero-order valence-corrected chi connectivity index (χ0v) is 14.7. The number of hydrogen-bond acceptors (Lipinski definition) is 6. The second kappa shape index (κ2) is 6.59. The van der Waals surface area contributed by atoms with Crippen molar-refractivity contribution in [3.63, 3.8) is 0 Å². The first-order chi connectivity index (χ1) is 13.0. The van der Waals surface area contributed by atoms with Crippen LogP contribution in [0.15, 0.2) is 36.4 Å². The zero-order valence-electron chi connectivity index (χ0n) is 14.7. The number of aromatic nitrogens is 1. The number of halogens is 3. The molecule has 0 radical (unpaired) electrons. The summed E-state index contributed by atoms with van der Waals surface area (Å²) in [6.07, 6.45) is -4.83. The average Bonchev–Trinajstić information content (AvgIpc) is 2.75. The molecule has 1 aromatic carbocycles. The van der Waals surface area contributed by atoms with Gasteiger partial charge in [-0.15, -0.1) is 13.2 Å². The lowest BCUT2D eigenvalue weighted by Crippen LogP contribution is -2.40. The first-order valence-corrected chi connectivity index (χ1v) is 7.93. The molecule has 0 saturated carbocycles. The van der Waals surface area contributed by atoms with E-state index in [2.05, 4.69) is 15.0 Å². The number of urea groups is 1. The van der Waals surface area contributed by atoms with E-state index < -0.39 is 29.6 Å². The van der Waals surface area contributed by atoms with Crippen molar-refractivity contribution in [1.82, 2.24) is 10.3 Å². The maximum Gasteiger partial charge on any atom is 0.573 e. The molecular weight excluding hydrogens is 381 g/mol. The van der Waals surface area contributed by atoms with Gasteiger partial charge in [0.05, 0.1) is 5.69 Å². The Morgan fingerprint density at radius 1 is 1.14 bits per heavy atom. The zero-order chi connectivity index (χ0) is 20.7. The van der Waals surface area contributed by atoms with Gasteiger partial charge in [-0.1, -0.05) is 6.07 Å². The van der Waals surface area contributed by atoms with Crippen molar-refractivity contribution in [3.05, 3.63) is 36.4 Å². The lowest BCUT2D eigenvalue weighted by molar-refractivity contribution is -0.274. The fraction of sp³-hybridized carbons (Fsp3) is 0.235. The second-order valence-corrected chi connectivity index (χ2v) is 6.37. The van der Waals surface area contributed by atoms with Crippen LogP contribution in [0.1, 0.15) is 13.8 Å². The molecule has 2 aromatic rings. The number of rotatable bonds is 4. The van der Waals surface area contributed by atoms with Gasteiger partial charge < -0.3 is 20.5 Å². The number of carbonyl (C=O) groups excluding carboxylic acids is 2. The Balaban J connectivity index is 1.81. The topological polar surface area (TPSA) is 107 Å². The number of nitrogens with zero attached hydrogens (tertiary/aromatic N) is 2. The van der Waals surface area contributed by atoms with Crippen LogP contribution < -0.4 is 25.4 Å². The monoisotopic (exact) mass is 396 g/mol. The van der Waals surface area contributed by atoms with Crippen molar-refractivity contribution >= 4 is 23.4 Å². The molecule has 3 amide bonds. The summed E-state index contributed by atoms with van der Waals surface area (Å²) in [6, 6.07) is 6.89. The molecule has 148 valence electrons. The van der Waals surface area contributed by atoms with E-state index in [4.69, 9.17) is 10.5 Å². The highest BCUT2D eigenvalue weighted by Crippen LogP contribution is 2.32. The molecule has 1 aromatic heterocycles. The van der Waals surface area contributed by atoms with E-state index >= 15 is 0 Å². The van der Waals surface area contributed by atoms with Crippen LogP contribution in [0.3, 0.4) is 0 Å². The lowest BCUT2D eigenvalue weighted by atomic mass is 10.1. The Morgan fingerprint density at radius 3 is 2.39 bits per heavy atom. The summed E-state index contributed by atoms with van der Waals surface area (Å²) >= 11 is 0. The highest BCUT2D eigenvalue weighted by molar-refractivity contribution is 6.23. The van der Waals surface area contributed by atoms with E-state index in [-0.39, 0.29) is 23.1 Å². The number of amides is 3. The molecule has 0 unspecified atom stereocenters. The SMILES string of the molecule is CC1(C)NC(=O)N(c2ccc(Oc3cccc(OC(F)(F)F)c3)nc2N)C1=O. The molecule has 3 N–H and O–H groups in total. The van der Waals surface area contributed by atoms with Gasteiger partial charge in [0.2, 0.25) is 5.88 Å². The molecule has 1 aliphatic rings. The van der Waals surface area contributed by atoms with Gasteiger partial charge in [-0.3, -0.25) is 4.79 Å². The van der Waals surface area contributed by atoms with E-state index in [1.165, 1.54) is 24.3 Å². The molecule has 0 aliphatic carbocycles. The van der Waals surface area contributed by atoms with Crippen LogP contribution in [0.25, 0.3) is 0 Å². The van der Waals surface area contributed by atoms with E-state index in [1.54, 1.807) is 13.8 Å². The number of pyridine rings is 1. The Hall–Kier alpha value is -3.50. The molecule has 1 fully saturated rings. The first-order valence-electron chi connectivity index (χ1n) is 7.93. The van der Waals surface area contributed by atoms with E-state index in [0.29, 0.717) is 0 Å². The Morgan fingerprint density at radius 2 is 1.82 bits per heavy atom. The van der Waals surface area contributed by atoms with E-state index in [9.17, 15) is 22.8 Å². The van der Waals surface area contributed by atoms with Gasteiger partial charge in [0.25, 0.3) is 5.91 Å². The standard InChI is InChI=1S/C17H15F3N4O4/c1-16(2)14(25)24(15(26)23-16)11-6-7-12(22-13(11)21)27-9-4-3-5-10(8-9)28-17(18,19)20/h3-8H,1-2H3,(H2,21,22)(H,23,26). The molecule has 0 atom stereocenters. The number of carbonyl (C=O) groups is 2. The predicted molar refractivity (Wildman–Crippen MR) is 91.9 cm³/mol. The molecule has 0 bridgehead atoms. The summed E-state index contributed by atoms with van der Waals surface area (Å²) in [5.41, 5.74) is 4.82. The first kappa shape index (κ1) is 19.3. The lowest BCUT2D eigenvalue weighted by Gasteiger charge is -2.17. The predicted octanol–water partition coefficient (Wildman–Crippen LogP) is 3.19. The molecule has 0 spiro atoms. The normalized spacial score (nSPS) is 16.1. The number of nitrogen functional groups attached to an aromatic ring is 1. The largest absolute Gasteiger partial charge is 0.573 e. The Bertz CT molecular complexity index is 946. The molecular formula is C17H15F3N4O4. The second-order valence-electron chi connectivity index (χ2n) is 6.37. The van der Waals surface area contributed by atoms with Gasteiger partial charge >= 0.3 is 12.4 Å². The minimum atomic E-state index is -4.83. The van der Waals surface area contributed by atoms with Crippen molar-refractivity contribution in [2.45, 2.75) is 25.7 Å². The number of nitrogens with one attached hydrogen (secondary N) is 1.